The highest BCUT2D eigenvalue weighted by atomic mass is 32.2. The van der Waals surface area contributed by atoms with Crippen molar-refractivity contribution in [1.29, 1.82) is 0 Å². The van der Waals surface area contributed by atoms with Crippen LogP contribution in [0, 0.1) is 11.8 Å². The lowest BCUT2D eigenvalue weighted by atomic mass is 10.1. The van der Waals surface area contributed by atoms with Crippen LogP contribution in [0.25, 0.3) is 0 Å². The number of hydrogen-bond donors (Lipinski definition) is 3. The van der Waals surface area contributed by atoms with Crippen molar-refractivity contribution in [1.82, 2.24) is 19.2 Å². The molecular formula is C25H40N4O8S2. The number of ether oxygens (including phenoxy) is 1. The lowest BCUT2D eigenvalue weighted by Crippen LogP contribution is -2.46. The summed E-state index contributed by atoms with van der Waals surface area (Å²) in [5.74, 6) is -0.618. The fourth-order valence-electron chi connectivity index (χ4n) is 4.91. The quantitative estimate of drug-likeness (QED) is 0.257. The van der Waals surface area contributed by atoms with Gasteiger partial charge in [0.25, 0.3) is 5.91 Å². The number of amides is 3. The molecule has 0 aromatic heterocycles. The molecule has 2 atom stereocenters. The first-order valence-electron chi connectivity index (χ1n) is 13.2. The van der Waals surface area contributed by atoms with Gasteiger partial charge in [-0.1, -0.05) is 26.7 Å². The number of aliphatic hydroxyl groups is 1. The summed E-state index contributed by atoms with van der Waals surface area (Å²) in [6, 6.07) is 4.07. The predicted octanol–water partition coefficient (Wildman–Crippen LogP) is 1.12. The van der Waals surface area contributed by atoms with Crippen molar-refractivity contribution < 1.29 is 36.3 Å². The number of nitrogens with one attached hydrogen (secondary N) is 2. The van der Waals surface area contributed by atoms with Gasteiger partial charge in [0.05, 0.1) is 23.9 Å². The molecule has 1 aliphatic heterocycles. The van der Waals surface area contributed by atoms with E-state index in [0.29, 0.717) is 5.75 Å². The molecule has 1 saturated heterocycles. The summed E-state index contributed by atoms with van der Waals surface area (Å²) < 4.78 is 61.0. The van der Waals surface area contributed by atoms with Gasteiger partial charge in [0, 0.05) is 26.2 Å². The monoisotopic (exact) mass is 588 g/mol. The highest BCUT2D eigenvalue weighted by Crippen LogP contribution is 2.27. The van der Waals surface area contributed by atoms with E-state index in [1.165, 1.54) is 27.9 Å². The van der Waals surface area contributed by atoms with Crippen LogP contribution in [0.15, 0.2) is 29.2 Å². The lowest BCUT2D eigenvalue weighted by molar-refractivity contribution is -0.119. The van der Waals surface area contributed by atoms with Crippen LogP contribution >= 0.6 is 0 Å². The molecule has 0 radical (unpaired) electrons. The number of methoxy groups -OCH3 is 1. The van der Waals surface area contributed by atoms with Crippen LogP contribution in [0.3, 0.4) is 0 Å². The third kappa shape index (κ3) is 8.61. The van der Waals surface area contributed by atoms with Crippen LogP contribution in [-0.2, 0) is 24.8 Å². The van der Waals surface area contributed by atoms with Gasteiger partial charge in [0.1, 0.15) is 11.8 Å². The molecular weight excluding hydrogens is 548 g/mol. The second-order valence-corrected chi connectivity index (χ2v) is 14.6. The van der Waals surface area contributed by atoms with E-state index in [1.807, 2.05) is 19.2 Å². The van der Waals surface area contributed by atoms with E-state index in [1.54, 1.807) is 12.1 Å². The number of carbonyl (C=O) groups is 2. The van der Waals surface area contributed by atoms with Gasteiger partial charge in [-0.05, 0) is 55.4 Å². The smallest absolute Gasteiger partial charge is 0.322 e. The number of sulfonamides is 2. The Morgan fingerprint density at radius 2 is 1.67 bits per heavy atom. The second kappa shape index (κ2) is 13.4. The molecule has 2 aliphatic rings. The summed E-state index contributed by atoms with van der Waals surface area (Å²) in [4.78, 5) is 23.5. The van der Waals surface area contributed by atoms with E-state index in [4.69, 9.17) is 4.74 Å². The molecule has 0 spiro atoms. The summed E-state index contributed by atoms with van der Waals surface area (Å²) in [5.41, 5.74) is 0. The van der Waals surface area contributed by atoms with Crippen LogP contribution in [-0.4, -0.2) is 93.7 Å². The summed E-state index contributed by atoms with van der Waals surface area (Å²) in [7, 11) is -6.41. The first kappa shape index (κ1) is 31.3. The van der Waals surface area contributed by atoms with Gasteiger partial charge in [-0.15, -0.1) is 0 Å². The van der Waals surface area contributed by atoms with Crippen LogP contribution in [0.2, 0.25) is 0 Å². The summed E-state index contributed by atoms with van der Waals surface area (Å²) in [6.45, 7) is 3.92. The first-order chi connectivity index (χ1) is 18.3. The zero-order valence-electron chi connectivity index (χ0n) is 22.7. The number of rotatable bonds is 15. The summed E-state index contributed by atoms with van der Waals surface area (Å²) in [6.07, 6.45) is 2.66. The Balaban J connectivity index is 1.71. The molecule has 39 heavy (non-hydrogen) atoms. The summed E-state index contributed by atoms with van der Waals surface area (Å²) >= 11 is 0. The third-order valence-electron chi connectivity index (χ3n) is 6.96. The molecule has 3 N–H and O–H groups in total. The fourth-order valence-corrected chi connectivity index (χ4v) is 8.24. The zero-order valence-corrected chi connectivity index (χ0v) is 24.3. The van der Waals surface area contributed by atoms with Crippen LogP contribution in [0.1, 0.15) is 46.0 Å². The van der Waals surface area contributed by atoms with Crippen molar-refractivity contribution >= 4 is 32.0 Å². The molecule has 3 rings (SSSR count). The Hall–Kier alpha value is -2.26. The zero-order chi connectivity index (χ0) is 28.8. The average molecular weight is 589 g/mol. The topological polar surface area (TPSA) is 162 Å². The number of carbonyl (C=O) groups excluding carboxylic acids is 2. The van der Waals surface area contributed by atoms with Gasteiger partial charge in [-0.2, -0.15) is 4.31 Å². The molecule has 1 heterocycles. The maximum absolute atomic E-state index is 13.4. The van der Waals surface area contributed by atoms with E-state index >= 15 is 0 Å². The van der Waals surface area contributed by atoms with E-state index in [2.05, 4.69) is 5.32 Å². The van der Waals surface area contributed by atoms with Crippen LogP contribution in [0.5, 0.6) is 5.75 Å². The molecule has 220 valence electrons. The van der Waals surface area contributed by atoms with Crippen molar-refractivity contribution in [2.24, 2.45) is 11.8 Å². The molecule has 3 amide bonds. The average Bonchev–Trinajstić information content (AvgIpc) is 3.49. The number of benzene rings is 1. The Labute approximate surface area is 231 Å². The van der Waals surface area contributed by atoms with Gasteiger partial charge in [-0.25, -0.2) is 25.9 Å². The maximum atomic E-state index is 13.4. The van der Waals surface area contributed by atoms with Crippen molar-refractivity contribution in [2.45, 2.75) is 63.0 Å². The van der Waals surface area contributed by atoms with Crippen molar-refractivity contribution in [2.75, 3.05) is 39.0 Å². The lowest BCUT2D eigenvalue weighted by Gasteiger charge is -2.29. The van der Waals surface area contributed by atoms with Crippen LogP contribution < -0.4 is 15.4 Å². The van der Waals surface area contributed by atoms with Crippen LogP contribution in [0.4, 0.5) is 4.79 Å². The molecule has 12 nitrogen and oxygen atoms in total. The number of urea groups is 1. The van der Waals surface area contributed by atoms with Gasteiger partial charge in [-0.3, -0.25) is 10.1 Å². The molecule has 1 aliphatic carbocycles. The van der Waals surface area contributed by atoms with E-state index in [0.717, 1.165) is 25.7 Å². The number of hydrogen-bond acceptors (Lipinski definition) is 8. The van der Waals surface area contributed by atoms with Crippen molar-refractivity contribution in [3.05, 3.63) is 24.3 Å². The Bertz CT molecular complexity index is 1200. The maximum Gasteiger partial charge on any atom is 0.322 e. The molecule has 1 unspecified atom stereocenters. The first-order valence-corrected chi connectivity index (χ1v) is 16.3. The van der Waals surface area contributed by atoms with Gasteiger partial charge >= 0.3 is 6.03 Å². The Morgan fingerprint density at radius 1 is 1.03 bits per heavy atom. The number of aliphatic hydroxyl groups excluding tert-OH is 1. The second-order valence-electron chi connectivity index (χ2n) is 10.6. The fraction of sp³-hybridized carbons (Fsp3) is 0.680. The SMILES string of the molecule is COc1ccc(S(=O)(=O)N(CC(C)C)C[C@@H](O)CCN(CC2CCCC2)S(=O)(=O)CC2NC(=O)NC2=O)cc1. The van der Waals surface area contributed by atoms with Gasteiger partial charge < -0.3 is 15.2 Å². The molecule has 0 bridgehead atoms. The molecule has 1 aromatic carbocycles. The number of imide groups is 1. The standard InChI is InChI=1S/C25H40N4O8S2/c1-18(2)14-29(39(35,36)22-10-8-21(37-3)9-11-22)16-20(30)12-13-28(15-19-6-4-5-7-19)38(33,34)17-23-24(31)27-25(32)26-23/h8-11,18-20,23,30H,4-7,12-17H2,1-3H3,(H2,26,27,31,32)/t20-,23?/m0/s1. The van der Waals surface area contributed by atoms with Gasteiger partial charge in [0.15, 0.2) is 0 Å². The molecule has 1 aromatic rings. The Morgan fingerprint density at radius 3 is 2.21 bits per heavy atom. The van der Waals surface area contributed by atoms with E-state index < -0.39 is 49.9 Å². The number of nitrogens with zero attached hydrogens (tertiary/aromatic N) is 2. The largest absolute Gasteiger partial charge is 0.497 e. The molecule has 2 fully saturated rings. The highest BCUT2D eigenvalue weighted by Gasteiger charge is 2.37. The van der Waals surface area contributed by atoms with E-state index in [-0.39, 0.29) is 49.3 Å². The normalized spacial score (nSPS) is 19.6. The minimum atomic E-state index is -3.97. The van der Waals surface area contributed by atoms with Crippen molar-refractivity contribution in [3.63, 3.8) is 0 Å². The molecule has 1 saturated carbocycles. The minimum Gasteiger partial charge on any atom is -0.497 e. The van der Waals surface area contributed by atoms with Gasteiger partial charge in [0.2, 0.25) is 20.0 Å². The Kier molecular flexibility index (Phi) is 10.7. The highest BCUT2D eigenvalue weighted by molar-refractivity contribution is 7.89. The predicted molar refractivity (Wildman–Crippen MR) is 145 cm³/mol. The summed E-state index contributed by atoms with van der Waals surface area (Å²) in [5, 5.41) is 15.3. The minimum absolute atomic E-state index is 0.00188. The third-order valence-corrected chi connectivity index (χ3v) is 10.7. The van der Waals surface area contributed by atoms with E-state index in [9.17, 15) is 31.5 Å². The molecule has 14 heteroatoms. The van der Waals surface area contributed by atoms with Crippen molar-refractivity contribution in [3.8, 4) is 5.75 Å².